The molecule has 3 heterocycles. The fourth-order valence-corrected chi connectivity index (χ4v) is 3.89. The van der Waals surface area contributed by atoms with Crippen LogP contribution < -0.4 is 5.32 Å². The van der Waals surface area contributed by atoms with E-state index in [1.807, 2.05) is 25.1 Å². The van der Waals surface area contributed by atoms with Crippen molar-refractivity contribution in [3.8, 4) is 0 Å². The van der Waals surface area contributed by atoms with E-state index in [9.17, 15) is 18.0 Å². The fourth-order valence-electron chi connectivity index (χ4n) is 3.05. The molecule has 0 aliphatic carbocycles. The number of nitrogens with zero attached hydrogens (tertiary/aromatic N) is 4. The molecular formula is C22H18F3N5OS. The lowest BCUT2D eigenvalue weighted by Gasteiger charge is -2.06. The first-order valence-corrected chi connectivity index (χ1v) is 10.5. The highest BCUT2D eigenvalue weighted by Gasteiger charge is 2.29. The molecule has 1 aromatic carbocycles. The molecule has 10 heteroatoms. The number of carbonyl (C=O) groups is 1. The summed E-state index contributed by atoms with van der Waals surface area (Å²) in [4.78, 5) is 21.9. The summed E-state index contributed by atoms with van der Waals surface area (Å²) in [6, 6.07) is 12.3. The van der Waals surface area contributed by atoms with Crippen LogP contribution in [-0.4, -0.2) is 25.7 Å². The van der Waals surface area contributed by atoms with Crippen molar-refractivity contribution >= 4 is 22.4 Å². The van der Waals surface area contributed by atoms with Crippen LogP contribution in [0.2, 0.25) is 0 Å². The van der Waals surface area contributed by atoms with Gasteiger partial charge in [-0.05, 0) is 42.8 Å². The number of rotatable bonds is 6. The largest absolute Gasteiger partial charge is 0.416 e. The van der Waals surface area contributed by atoms with Crippen LogP contribution in [0.5, 0.6) is 0 Å². The van der Waals surface area contributed by atoms with Crippen LogP contribution in [0.25, 0.3) is 0 Å². The predicted molar refractivity (Wildman–Crippen MR) is 115 cm³/mol. The number of anilines is 1. The van der Waals surface area contributed by atoms with E-state index in [2.05, 4.69) is 20.4 Å². The number of amides is 1. The minimum absolute atomic E-state index is 0.262. The number of aromatic nitrogens is 4. The maximum absolute atomic E-state index is 12.7. The highest BCUT2D eigenvalue weighted by Crippen LogP contribution is 2.30. The molecule has 0 fully saturated rings. The van der Waals surface area contributed by atoms with Crippen LogP contribution in [0, 0.1) is 6.92 Å². The SMILES string of the molecule is Cc1cc(C(=O)Nc2ncc(Cc3ccc(C(F)(F)F)cc3)s2)nn1Cc1ccccn1. The Bertz CT molecular complexity index is 1220. The van der Waals surface area contributed by atoms with Gasteiger partial charge in [0.2, 0.25) is 0 Å². The van der Waals surface area contributed by atoms with Gasteiger partial charge in [-0.1, -0.05) is 18.2 Å². The number of benzene rings is 1. The first-order chi connectivity index (χ1) is 15.3. The average Bonchev–Trinajstić information content (AvgIpc) is 3.35. The van der Waals surface area contributed by atoms with Gasteiger partial charge in [0, 0.05) is 29.4 Å². The summed E-state index contributed by atoms with van der Waals surface area (Å²) in [6.45, 7) is 2.31. The van der Waals surface area contributed by atoms with Gasteiger partial charge in [-0.2, -0.15) is 18.3 Å². The van der Waals surface area contributed by atoms with E-state index in [0.717, 1.165) is 34.0 Å². The van der Waals surface area contributed by atoms with Crippen molar-refractivity contribution in [1.82, 2.24) is 19.7 Å². The van der Waals surface area contributed by atoms with Crippen molar-refractivity contribution < 1.29 is 18.0 Å². The summed E-state index contributed by atoms with van der Waals surface area (Å²) in [5.41, 5.74) is 1.96. The Morgan fingerprint density at radius 3 is 2.59 bits per heavy atom. The van der Waals surface area contributed by atoms with Gasteiger partial charge < -0.3 is 0 Å². The van der Waals surface area contributed by atoms with Crippen LogP contribution in [-0.2, 0) is 19.1 Å². The lowest BCUT2D eigenvalue weighted by Crippen LogP contribution is -2.13. The molecule has 0 bridgehead atoms. The van der Waals surface area contributed by atoms with Gasteiger partial charge >= 0.3 is 6.18 Å². The lowest BCUT2D eigenvalue weighted by atomic mass is 10.1. The molecule has 0 saturated heterocycles. The zero-order chi connectivity index (χ0) is 22.7. The molecule has 3 aromatic heterocycles. The van der Waals surface area contributed by atoms with E-state index in [1.165, 1.54) is 23.5 Å². The molecule has 0 radical (unpaired) electrons. The Balaban J connectivity index is 1.39. The summed E-state index contributed by atoms with van der Waals surface area (Å²) in [7, 11) is 0. The van der Waals surface area contributed by atoms with Crippen molar-refractivity contribution in [2.75, 3.05) is 5.32 Å². The summed E-state index contributed by atoms with van der Waals surface area (Å²) in [5, 5.41) is 7.48. The van der Waals surface area contributed by atoms with E-state index in [-0.39, 0.29) is 11.6 Å². The van der Waals surface area contributed by atoms with Crippen LogP contribution in [0.3, 0.4) is 0 Å². The third-order valence-electron chi connectivity index (χ3n) is 4.69. The number of pyridine rings is 1. The predicted octanol–water partition coefficient (Wildman–Crippen LogP) is 4.95. The van der Waals surface area contributed by atoms with E-state index >= 15 is 0 Å². The molecule has 1 N–H and O–H groups in total. The normalized spacial score (nSPS) is 11.5. The average molecular weight is 457 g/mol. The molecule has 0 saturated carbocycles. The van der Waals surface area contributed by atoms with Gasteiger partial charge in [0.15, 0.2) is 10.8 Å². The number of thiazole rings is 1. The molecule has 4 rings (SSSR count). The second-order valence-corrected chi connectivity index (χ2v) is 8.22. The van der Waals surface area contributed by atoms with Gasteiger partial charge in [-0.3, -0.25) is 19.8 Å². The first kappa shape index (κ1) is 21.7. The molecule has 0 spiro atoms. The minimum atomic E-state index is -4.36. The minimum Gasteiger partial charge on any atom is -0.296 e. The highest BCUT2D eigenvalue weighted by atomic mass is 32.1. The lowest BCUT2D eigenvalue weighted by molar-refractivity contribution is -0.137. The Kier molecular flexibility index (Phi) is 6.04. The third kappa shape index (κ3) is 5.20. The van der Waals surface area contributed by atoms with Crippen molar-refractivity contribution in [3.05, 3.63) is 94.0 Å². The summed E-state index contributed by atoms with van der Waals surface area (Å²) >= 11 is 1.26. The van der Waals surface area contributed by atoms with Crippen LogP contribution >= 0.6 is 11.3 Å². The van der Waals surface area contributed by atoms with Crippen molar-refractivity contribution in [1.29, 1.82) is 0 Å². The standard InChI is InChI=1S/C22H18F3N5OS/c1-14-10-19(29-30(14)13-17-4-2-3-9-26-17)20(31)28-21-27-12-18(32-21)11-15-5-7-16(8-6-15)22(23,24)25/h2-10,12H,11,13H2,1H3,(H,27,28,31). The quantitative estimate of drug-likeness (QED) is 0.445. The van der Waals surface area contributed by atoms with Crippen molar-refractivity contribution in [2.45, 2.75) is 26.1 Å². The van der Waals surface area contributed by atoms with Gasteiger partial charge in [0.25, 0.3) is 5.91 Å². The smallest absolute Gasteiger partial charge is 0.296 e. The topological polar surface area (TPSA) is 72.7 Å². The fraction of sp³-hybridized carbons (Fsp3) is 0.182. The van der Waals surface area contributed by atoms with Crippen molar-refractivity contribution in [3.63, 3.8) is 0 Å². The third-order valence-corrected chi connectivity index (χ3v) is 5.60. The van der Waals surface area contributed by atoms with Crippen LogP contribution in [0.1, 0.15) is 37.9 Å². The summed E-state index contributed by atoms with van der Waals surface area (Å²) < 4.78 is 39.8. The molecule has 6 nitrogen and oxygen atoms in total. The molecule has 1 amide bonds. The molecular weight excluding hydrogens is 439 g/mol. The van der Waals surface area contributed by atoms with Gasteiger partial charge in [0.05, 0.1) is 17.8 Å². The monoisotopic (exact) mass is 457 g/mol. The zero-order valence-electron chi connectivity index (χ0n) is 16.9. The molecule has 32 heavy (non-hydrogen) atoms. The molecule has 0 atom stereocenters. The number of carbonyl (C=O) groups excluding carboxylic acids is 1. The molecule has 0 unspecified atom stereocenters. The van der Waals surface area contributed by atoms with Crippen molar-refractivity contribution in [2.24, 2.45) is 0 Å². The van der Waals surface area contributed by atoms with E-state index in [1.54, 1.807) is 23.1 Å². The number of aryl methyl sites for hydroxylation is 1. The van der Waals surface area contributed by atoms with Gasteiger partial charge in [0.1, 0.15) is 0 Å². The van der Waals surface area contributed by atoms with E-state index in [0.29, 0.717) is 18.1 Å². The van der Waals surface area contributed by atoms with Crippen LogP contribution in [0.4, 0.5) is 18.3 Å². The van der Waals surface area contributed by atoms with E-state index in [4.69, 9.17) is 0 Å². The first-order valence-electron chi connectivity index (χ1n) is 9.64. The molecule has 4 aromatic rings. The highest BCUT2D eigenvalue weighted by molar-refractivity contribution is 7.15. The van der Waals surface area contributed by atoms with Gasteiger partial charge in [-0.15, -0.1) is 11.3 Å². The summed E-state index contributed by atoms with van der Waals surface area (Å²) in [6.07, 6.45) is -0.637. The number of alkyl halides is 3. The molecule has 164 valence electrons. The number of halogens is 3. The Morgan fingerprint density at radius 2 is 1.91 bits per heavy atom. The Hall–Kier alpha value is -3.53. The van der Waals surface area contributed by atoms with Gasteiger partial charge in [-0.25, -0.2) is 4.98 Å². The zero-order valence-corrected chi connectivity index (χ0v) is 17.7. The number of nitrogens with one attached hydrogen (secondary N) is 1. The summed E-state index contributed by atoms with van der Waals surface area (Å²) in [5.74, 6) is -0.386. The number of hydrogen-bond donors (Lipinski definition) is 1. The molecule has 0 aliphatic heterocycles. The van der Waals surface area contributed by atoms with Crippen LogP contribution in [0.15, 0.2) is 60.9 Å². The second-order valence-electron chi connectivity index (χ2n) is 7.11. The maximum atomic E-state index is 12.7. The number of hydrogen-bond acceptors (Lipinski definition) is 5. The second kappa shape index (κ2) is 8.91. The molecule has 0 aliphatic rings. The Labute approximate surface area is 185 Å². The van der Waals surface area contributed by atoms with E-state index < -0.39 is 11.7 Å². The maximum Gasteiger partial charge on any atom is 0.416 e. The Morgan fingerprint density at radius 1 is 1.12 bits per heavy atom.